The smallest absolute Gasteiger partial charge is 0.319 e. The van der Waals surface area contributed by atoms with Gasteiger partial charge >= 0.3 is 5.97 Å². The van der Waals surface area contributed by atoms with E-state index in [1.54, 1.807) is 24.3 Å². The Kier molecular flexibility index (Phi) is 11.4. The monoisotopic (exact) mass is 632 g/mol. The van der Waals surface area contributed by atoms with Crippen LogP contribution in [0.3, 0.4) is 0 Å². The lowest BCUT2D eigenvalue weighted by Crippen LogP contribution is -2.25. The first-order chi connectivity index (χ1) is 20.9. The second-order valence-electron chi connectivity index (χ2n) is 9.00. The first-order valence-electron chi connectivity index (χ1n) is 13.5. The number of benzene rings is 2. The van der Waals surface area contributed by atoms with Crippen LogP contribution in [0.25, 0.3) is 21.7 Å². The van der Waals surface area contributed by atoms with E-state index in [0.717, 1.165) is 16.3 Å². The Morgan fingerprint density at radius 2 is 1.67 bits per heavy atom. The van der Waals surface area contributed by atoms with Crippen molar-refractivity contribution in [3.05, 3.63) is 75.8 Å². The molecule has 43 heavy (non-hydrogen) atoms. The highest BCUT2D eigenvalue weighted by Crippen LogP contribution is 2.39. The number of pyridine rings is 1. The Morgan fingerprint density at radius 3 is 2.30 bits per heavy atom. The molecular weight excluding hydrogens is 604 g/mol. The molecule has 0 atom stereocenters. The van der Waals surface area contributed by atoms with Crippen molar-refractivity contribution in [2.45, 2.75) is 24.6 Å². The number of carbonyl (C=O) groups excluding carboxylic acids is 1. The van der Waals surface area contributed by atoms with Crippen LogP contribution in [0.1, 0.15) is 30.7 Å². The summed E-state index contributed by atoms with van der Waals surface area (Å²) in [4.78, 5) is 22.8. The van der Waals surface area contributed by atoms with E-state index in [4.69, 9.17) is 36.8 Å². The van der Waals surface area contributed by atoms with Gasteiger partial charge in [-0.05, 0) is 43.7 Å². The molecule has 0 aliphatic heterocycles. The molecule has 220 valence electrons. The highest BCUT2D eigenvalue weighted by molar-refractivity contribution is 7.98. The molecule has 0 aliphatic carbocycles. The van der Waals surface area contributed by atoms with Crippen LogP contribution in [0.15, 0.2) is 58.9 Å². The number of nitrogens with two attached hydrogens (primary N) is 1. The van der Waals surface area contributed by atoms with Crippen molar-refractivity contribution in [3.63, 3.8) is 0 Å². The van der Waals surface area contributed by atoms with Crippen LogP contribution in [0.4, 0.5) is 5.82 Å². The maximum atomic E-state index is 11.2. The number of rotatable bonds is 13. The molecule has 0 saturated carbocycles. The zero-order valence-electron chi connectivity index (χ0n) is 23.7. The minimum Gasteiger partial charge on any atom is -0.490 e. The normalized spacial score (nSPS) is 10.6. The summed E-state index contributed by atoms with van der Waals surface area (Å²) in [6, 6.07) is 19.3. The standard InChI is InChI=1S/C31H29ClN6O3S2/c1-3-38(4-2)29-25(15-33)28(20-7-11-24(12-8-20)40-13-14-41-27(39)17-35)26(16-34)31(37-29)43-19-23-18-42-30(36-23)21-5-9-22(32)10-6-21/h5-12,18H,3-4,13-14,17,19,35H2,1-2H3. The van der Waals surface area contributed by atoms with Gasteiger partial charge in [-0.25, -0.2) is 9.97 Å². The highest BCUT2D eigenvalue weighted by atomic mass is 35.5. The summed E-state index contributed by atoms with van der Waals surface area (Å²) in [6.45, 7) is 5.34. The lowest BCUT2D eigenvalue weighted by atomic mass is 9.96. The third kappa shape index (κ3) is 7.83. The average Bonchev–Trinajstić information content (AvgIpc) is 3.51. The number of anilines is 1. The molecule has 2 aromatic heterocycles. The van der Waals surface area contributed by atoms with Gasteiger partial charge in [-0.3, -0.25) is 4.79 Å². The summed E-state index contributed by atoms with van der Waals surface area (Å²) in [7, 11) is 0. The quantitative estimate of drug-likeness (QED) is 0.102. The van der Waals surface area contributed by atoms with Crippen LogP contribution < -0.4 is 15.4 Å². The van der Waals surface area contributed by atoms with Gasteiger partial charge < -0.3 is 20.1 Å². The summed E-state index contributed by atoms with van der Waals surface area (Å²) >= 11 is 8.99. The molecule has 0 unspecified atom stereocenters. The highest BCUT2D eigenvalue weighted by Gasteiger charge is 2.24. The van der Waals surface area contributed by atoms with Crippen LogP contribution in [-0.2, 0) is 15.3 Å². The van der Waals surface area contributed by atoms with Crippen molar-refractivity contribution >= 4 is 46.5 Å². The van der Waals surface area contributed by atoms with E-state index < -0.39 is 5.97 Å². The van der Waals surface area contributed by atoms with Gasteiger partial charge in [0.25, 0.3) is 0 Å². The number of carbonyl (C=O) groups is 1. The Labute approximate surface area is 263 Å². The molecule has 0 aliphatic rings. The van der Waals surface area contributed by atoms with Gasteiger partial charge in [0.2, 0.25) is 0 Å². The zero-order chi connectivity index (χ0) is 30.8. The Balaban J connectivity index is 1.65. The van der Waals surface area contributed by atoms with Crippen LogP contribution in [-0.4, -0.2) is 48.8 Å². The molecular formula is C31H29ClN6O3S2. The number of ether oxygens (including phenoxy) is 2. The van der Waals surface area contributed by atoms with E-state index in [-0.39, 0.29) is 19.8 Å². The number of thiazole rings is 1. The molecule has 9 nitrogen and oxygen atoms in total. The van der Waals surface area contributed by atoms with Crippen LogP contribution in [0, 0.1) is 22.7 Å². The summed E-state index contributed by atoms with van der Waals surface area (Å²) in [5.74, 6) is 1.08. The van der Waals surface area contributed by atoms with Gasteiger partial charge in [-0.15, -0.1) is 11.3 Å². The fourth-order valence-electron chi connectivity index (χ4n) is 4.24. The number of esters is 1. The molecule has 0 fully saturated rings. The van der Waals surface area contributed by atoms with Crippen LogP contribution in [0.5, 0.6) is 5.75 Å². The molecule has 4 rings (SSSR count). The maximum absolute atomic E-state index is 11.2. The van der Waals surface area contributed by atoms with Crippen molar-refractivity contribution in [2.75, 3.05) is 37.7 Å². The van der Waals surface area contributed by atoms with E-state index in [1.165, 1.54) is 23.1 Å². The number of halogens is 1. The minimum absolute atomic E-state index is 0.0767. The van der Waals surface area contributed by atoms with E-state index in [1.807, 2.05) is 48.4 Å². The predicted molar refractivity (Wildman–Crippen MR) is 170 cm³/mol. The largest absolute Gasteiger partial charge is 0.490 e. The molecule has 4 aromatic rings. The van der Waals surface area contributed by atoms with Gasteiger partial charge in [0.05, 0.1) is 17.8 Å². The van der Waals surface area contributed by atoms with Gasteiger partial charge in [0.15, 0.2) is 0 Å². The Hall–Kier alpha value is -4.13. The topological polar surface area (TPSA) is 138 Å². The first-order valence-corrected chi connectivity index (χ1v) is 15.7. The number of aromatic nitrogens is 2. The van der Waals surface area contributed by atoms with Crippen molar-refractivity contribution in [3.8, 4) is 39.6 Å². The molecule has 2 heterocycles. The fourth-order valence-corrected chi connectivity index (χ4v) is 6.17. The van der Waals surface area contributed by atoms with Crippen molar-refractivity contribution in [1.82, 2.24) is 9.97 Å². The predicted octanol–water partition coefficient (Wildman–Crippen LogP) is 6.29. The second kappa shape index (κ2) is 15.4. The molecule has 0 saturated heterocycles. The third-order valence-electron chi connectivity index (χ3n) is 6.36. The van der Waals surface area contributed by atoms with Crippen molar-refractivity contribution in [1.29, 1.82) is 10.5 Å². The van der Waals surface area contributed by atoms with Gasteiger partial charge in [0, 0.05) is 40.4 Å². The summed E-state index contributed by atoms with van der Waals surface area (Å²) in [5.41, 5.74) is 8.96. The van der Waals surface area contributed by atoms with Gasteiger partial charge in [0.1, 0.15) is 52.5 Å². The SMILES string of the molecule is CCN(CC)c1nc(SCc2csc(-c3ccc(Cl)cc3)n2)c(C#N)c(-c2ccc(OCCOC(=O)CN)cc2)c1C#N. The average molecular weight is 633 g/mol. The summed E-state index contributed by atoms with van der Waals surface area (Å²) in [5, 5.41) is 24.7. The lowest BCUT2D eigenvalue weighted by Gasteiger charge is -2.24. The van der Waals surface area contributed by atoms with Crippen LogP contribution >= 0.6 is 34.7 Å². The van der Waals surface area contributed by atoms with E-state index in [2.05, 4.69) is 12.1 Å². The second-order valence-corrected chi connectivity index (χ2v) is 11.3. The number of hydrogen-bond acceptors (Lipinski definition) is 11. The Bertz CT molecular complexity index is 1640. The molecule has 12 heteroatoms. The lowest BCUT2D eigenvalue weighted by molar-refractivity contribution is -0.142. The van der Waals surface area contributed by atoms with Gasteiger partial charge in [-0.1, -0.05) is 47.6 Å². The summed E-state index contributed by atoms with van der Waals surface area (Å²) < 4.78 is 10.6. The van der Waals surface area contributed by atoms with Crippen LogP contribution in [0.2, 0.25) is 5.02 Å². The molecule has 0 radical (unpaired) electrons. The molecule has 2 N–H and O–H groups in total. The maximum Gasteiger partial charge on any atom is 0.319 e. The van der Waals surface area contributed by atoms with E-state index in [0.29, 0.717) is 62.7 Å². The molecule has 0 amide bonds. The molecule has 0 spiro atoms. The third-order valence-corrected chi connectivity index (χ3v) is 8.56. The minimum atomic E-state index is -0.501. The number of hydrogen-bond donors (Lipinski definition) is 1. The van der Waals surface area contributed by atoms with E-state index in [9.17, 15) is 15.3 Å². The number of nitrogens with zero attached hydrogens (tertiary/aromatic N) is 5. The van der Waals surface area contributed by atoms with Crippen molar-refractivity contribution in [2.24, 2.45) is 5.73 Å². The number of thioether (sulfide) groups is 1. The van der Waals surface area contributed by atoms with E-state index >= 15 is 0 Å². The summed E-state index contributed by atoms with van der Waals surface area (Å²) in [6.07, 6.45) is 0. The fraction of sp³-hybridized carbons (Fsp3) is 0.258. The first kappa shape index (κ1) is 31.8. The van der Waals surface area contributed by atoms with Gasteiger partial charge in [-0.2, -0.15) is 10.5 Å². The zero-order valence-corrected chi connectivity index (χ0v) is 26.1. The Morgan fingerprint density at radius 1 is 1.00 bits per heavy atom. The van der Waals surface area contributed by atoms with Crippen molar-refractivity contribution < 1.29 is 14.3 Å². The number of nitriles is 2. The molecule has 0 bridgehead atoms. The molecule has 2 aromatic carbocycles.